The molecule has 0 unspecified atom stereocenters. The van der Waals surface area contributed by atoms with Crippen LogP contribution in [0.2, 0.25) is 0 Å². The summed E-state index contributed by atoms with van der Waals surface area (Å²) in [6.07, 6.45) is 1.23. The minimum absolute atomic E-state index is 0.0529. The van der Waals surface area contributed by atoms with Gasteiger partial charge in [-0.2, -0.15) is 0 Å². The summed E-state index contributed by atoms with van der Waals surface area (Å²) in [7, 11) is -7.20. The summed E-state index contributed by atoms with van der Waals surface area (Å²) < 4.78 is 49.3. The zero-order valence-corrected chi connectivity index (χ0v) is 12.7. The smallest absolute Gasteiger partial charge is 0.312 e. The number of hydrogen-bond acceptors (Lipinski definition) is 7. The van der Waals surface area contributed by atoms with Crippen molar-refractivity contribution in [2.45, 2.75) is 11.3 Å². The number of primary sulfonamides is 1. The summed E-state index contributed by atoms with van der Waals surface area (Å²) in [4.78, 5) is 9.68. The Kier molecular flexibility index (Phi) is 5.25. The third kappa shape index (κ3) is 5.65. The molecule has 0 fully saturated rings. The molecule has 118 valence electrons. The molecule has 1 aromatic rings. The number of nitro benzene ring substituents is 1. The summed E-state index contributed by atoms with van der Waals surface area (Å²) >= 11 is 0. The first-order valence-electron chi connectivity index (χ1n) is 5.62. The standard InChI is InChI=1S/C10H14N2O7S2/c1-20(15,16)6-2-5-19-10-4-3-8(21(11,17)18)7-9(10)12(13)14/h3-4,7H,2,5-6H2,1H3,(H2,11,17,18). The topological polar surface area (TPSA) is 147 Å². The van der Waals surface area contributed by atoms with Gasteiger partial charge in [0.05, 0.1) is 22.2 Å². The molecule has 11 heteroatoms. The summed E-state index contributed by atoms with van der Waals surface area (Å²) in [5.74, 6) is -0.267. The normalized spacial score (nSPS) is 12.1. The first-order valence-corrected chi connectivity index (χ1v) is 9.23. The van der Waals surface area contributed by atoms with Crippen molar-refractivity contribution in [2.24, 2.45) is 5.14 Å². The molecule has 0 saturated heterocycles. The highest BCUT2D eigenvalue weighted by molar-refractivity contribution is 7.90. The van der Waals surface area contributed by atoms with Crippen LogP contribution in [0.25, 0.3) is 0 Å². The summed E-state index contributed by atoms with van der Waals surface area (Å²) in [6, 6.07) is 2.98. The molecule has 21 heavy (non-hydrogen) atoms. The molecule has 1 aromatic carbocycles. The van der Waals surface area contributed by atoms with Crippen LogP contribution in [0, 0.1) is 10.1 Å². The average Bonchev–Trinajstić information content (AvgIpc) is 2.32. The Hall–Kier alpha value is -1.72. The third-order valence-electron chi connectivity index (χ3n) is 2.37. The van der Waals surface area contributed by atoms with Crippen LogP contribution in [0.5, 0.6) is 5.75 Å². The zero-order valence-electron chi connectivity index (χ0n) is 11.1. The van der Waals surface area contributed by atoms with Crippen LogP contribution in [-0.4, -0.2) is 40.4 Å². The highest BCUT2D eigenvalue weighted by Crippen LogP contribution is 2.29. The molecule has 9 nitrogen and oxygen atoms in total. The molecule has 0 radical (unpaired) electrons. The lowest BCUT2D eigenvalue weighted by molar-refractivity contribution is -0.386. The Bertz CT molecular complexity index is 741. The highest BCUT2D eigenvalue weighted by atomic mass is 32.2. The van der Waals surface area contributed by atoms with Crippen molar-refractivity contribution in [2.75, 3.05) is 18.6 Å². The first-order chi connectivity index (χ1) is 9.50. The Labute approximate surface area is 121 Å². The van der Waals surface area contributed by atoms with Gasteiger partial charge in [0.2, 0.25) is 10.0 Å². The van der Waals surface area contributed by atoms with E-state index in [0.29, 0.717) is 0 Å². The molecule has 0 heterocycles. The van der Waals surface area contributed by atoms with E-state index in [4.69, 9.17) is 9.88 Å². The quantitative estimate of drug-likeness (QED) is 0.420. The van der Waals surface area contributed by atoms with Gasteiger partial charge in [-0.05, 0) is 18.6 Å². The van der Waals surface area contributed by atoms with E-state index in [1.54, 1.807) is 0 Å². The Morgan fingerprint density at radius 2 is 1.90 bits per heavy atom. The first kappa shape index (κ1) is 17.3. The van der Waals surface area contributed by atoms with Crippen molar-refractivity contribution in [1.82, 2.24) is 0 Å². The maximum atomic E-state index is 11.1. The van der Waals surface area contributed by atoms with Gasteiger partial charge in [0, 0.05) is 12.3 Å². The van der Waals surface area contributed by atoms with Gasteiger partial charge in [0.25, 0.3) is 0 Å². The fourth-order valence-electron chi connectivity index (χ4n) is 1.44. The Morgan fingerprint density at radius 3 is 2.38 bits per heavy atom. The van der Waals surface area contributed by atoms with Crippen molar-refractivity contribution in [3.63, 3.8) is 0 Å². The lowest BCUT2D eigenvalue weighted by atomic mass is 10.3. The Morgan fingerprint density at radius 1 is 1.29 bits per heavy atom. The van der Waals surface area contributed by atoms with E-state index >= 15 is 0 Å². The van der Waals surface area contributed by atoms with E-state index in [0.717, 1.165) is 24.5 Å². The maximum Gasteiger partial charge on any atom is 0.312 e. The predicted octanol–water partition coefficient (Wildman–Crippen LogP) is 0.0557. The fraction of sp³-hybridized carbons (Fsp3) is 0.400. The van der Waals surface area contributed by atoms with Crippen LogP contribution in [0.15, 0.2) is 23.1 Å². The van der Waals surface area contributed by atoms with E-state index in [-0.39, 0.29) is 24.5 Å². The molecular weight excluding hydrogens is 324 g/mol. The third-order valence-corrected chi connectivity index (χ3v) is 4.31. The molecule has 0 aliphatic rings. The average molecular weight is 338 g/mol. The second-order valence-electron chi connectivity index (χ2n) is 4.26. The van der Waals surface area contributed by atoms with Gasteiger partial charge < -0.3 is 4.74 Å². The molecule has 1 rings (SSSR count). The minimum atomic E-state index is -4.06. The van der Waals surface area contributed by atoms with Crippen molar-refractivity contribution < 1.29 is 26.5 Å². The van der Waals surface area contributed by atoms with Gasteiger partial charge in [-0.25, -0.2) is 22.0 Å². The van der Waals surface area contributed by atoms with E-state index in [1.165, 1.54) is 0 Å². The monoisotopic (exact) mass is 338 g/mol. The largest absolute Gasteiger partial charge is 0.487 e. The lowest BCUT2D eigenvalue weighted by Gasteiger charge is -2.07. The second-order valence-corrected chi connectivity index (χ2v) is 8.08. The van der Waals surface area contributed by atoms with Gasteiger partial charge in [0.15, 0.2) is 5.75 Å². The predicted molar refractivity (Wildman–Crippen MR) is 74.3 cm³/mol. The molecule has 0 amide bonds. The Balaban J connectivity index is 2.90. The summed E-state index contributed by atoms with van der Waals surface area (Å²) in [6.45, 7) is -0.0529. The lowest BCUT2D eigenvalue weighted by Crippen LogP contribution is -2.13. The molecule has 0 spiro atoms. The van der Waals surface area contributed by atoms with E-state index < -0.39 is 35.4 Å². The van der Waals surface area contributed by atoms with Crippen LogP contribution in [0.1, 0.15) is 6.42 Å². The maximum absolute atomic E-state index is 11.1. The molecule has 0 atom stereocenters. The zero-order chi connectivity index (χ0) is 16.3. The number of ether oxygens (including phenoxy) is 1. The number of nitrogens with two attached hydrogens (primary N) is 1. The highest BCUT2D eigenvalue weighted by Gasteiger charge is 2.20. The van der Waals surface area contributed by atoms with E-state index in [9.17, 15) is 26.9 Å². The number of rotatable bonds is 7. The van der Waals surface area contributed by atoms with Gasteiger partial charge in [-0.15, -0.1) is 0 Å². The van der Waals surface area contributed by atoms with Crippen molar-refractivity contribution >= 4 is 25.5 Å². The molecule has 0 bridgehead atoms. The number of sulfone groups is 1. The second kappa shape index (κ2) is 6.37. The van der Waals surface area contributed by atoms with Gasteiger partial charge in [0.1, 0.15) is 9.84 Å². The van der Waals surface area contributed by atoms with Crippen LogP contribution in [0.4, 0.5) is 5.69 Å². The SMILES string of the molecule is CS(=O)(=O)CCCOc1ccc(S(N)(=O)=O)cc1[N+](=O)[O-]. The number of nitrogens with zero attached hydrogens (tertiary/aromatic N) is 1. The summed E-state index contributed by atoms with van der Waals surface area (Å²) in [5, 5.41) is 15.8. The molecule has 2 N–H and O–H groups in total. The van der Waals surface area contributed by atoms with E-state index in [1.807, 2.05) is 0 Å². The fourth-order valence-corrected chi connectivity index (χ4v) is 2.62. The number of benzene rings is 1. The van der Waals surface area contributed by atoms with Gasteiger partial charge in [-0.1, -0.05) is 0 Å². The van der Waals surface area contributed by atoms with Gasteiger partial charge in [-0.3, -0.25) is 10.1 Å². The van der Waals surface area contributed by atoms with Crippen molar-refractivity contribution in [3.8, 4) is 5.75 Å². The number of nitro groups is 1. The number of hydrogen-bond donors (Lipinski definition) is 1. The molecule has 0 aliphatic carbocycles. The summed E-state index contributed by atoms with van der Waals surface area (Å²) in [5.41, 5.74) is -0.555. The van der Waals surface area contributed by atoms with Gasteiger partial charge >= 0.3 is 5.69 Å². The van der Waals surface area contributed by atoms with Crippen LogP contribution < -0.4 is 9.88 Å². The van der Waals surface area contributed by atoms with Crippen molar-refractivity contribution in [1.29, 1.82) is 0 Å². The molecule has 0 aromatic heterocycles. The molecular formula is C10H14N2O7S2. The van der Waals surface area contributed by atoms with Crippen LogP contribution in [0.3, 0.4) is 0 Å². The number of sulfonamides is 1. The van der Waals surface area contributed by atoms with Crippen LogP contribution >= 0.6 is 0 Å². The van der Waals surface area contributed by atoms with Crippen molar-refractivity contribution in [3.05, 3.63) is 28.3 Å². The van der Waals surface area contributed by atoms with Crippen LogP contribution in [-0.2, 0) is 19.9 Å². The van der Waals surface area contributed by atoms with E-state index in [2.05, 4.69) is 0 Å². The molecule has 0 saturated carbocycles. The molecule has 0 aliphatic heterocycles. The minimum Gasteiger partial charge on any atom is -0.487 e.